The predicted molar refractivity (Wildman–Crippen MR) is 86.0 cm³/mol. The van der Waals surface area contributed by atoms with Crippen molar-refractivity contribution < 1.29 is 0 Å². The topological polar surface area (TPSA) is 29.3 Å². The smallest absolute Gasteiger partial charge is 0.0428 e. The normalized spacial score (nSPS) is 12.9. The Balaban J connectivity index is 3.09. The van der Waals surface area contributed by atoms with E-state index in [0.29, 0.717) is 11.8 Å². The quantitative estimate of drug-likeness (QED) is 0.878. The van der Waals surface area contributed by atoms with Gasteiger partial charge in [0.05, 0.1) is 0 Å². The lowest BCUT2D eigenvalue weighted by molar-refractivity contribution is 0.397. The highest BCUT2D eigenvalue weighted by atomic mass is 15.1. The van der Waals surface area contributed by atoms with Crippen LogP contribution in [0, 0.1) is 39.5 Å². The monoisotopic (exact) mass is 262 g/mol. The van der Waals surface area contributed by atoms with Gasteiger partial charge in [-0.25, -0.2) is 0 Å². The molecule has 0 bridgehead atoms. The van der Waals surface area contributed by atoms with E-state index in [4.69, 9.17) is 5.73 Å². The van der Waals surface area contributed by atoms with Crippen LogP contribution >= 0.6 is 0 Å². The number of nitrogens with zero attached hydrogens (tertiary/aromatic N) is 1. The van der Waals surface area contributed by atoms with Crippen LogP contribution in [0.1, 0.15) is 36.1 Å². The van der Waals surface area contributed by atoms with E-state index in [1.807, 2.05) is 0 Å². The molecule has 1 rings (SSSR count). The number of hydrogen-bond acceptors (Lipinski definition) is 2. The molecule has 0 saturated heterocycles. The first-order valence-corrected chi connectivity index (χ1v) is 7.28. The fourth-order valence-corrected chi connectivity index (χ4v) is 2.77. The number of nitrogens with two attached hydrogens (primary N) is 1. The van der Waals surface area contributed by atoms with Crippen LogP contribution in [0.15, 0.2) is 6.07 Å². The maximum absolute atomic E-state index is 5.91. The van der Waals surface area contributed by atoms with Crippen molar-refractivity contribution in [2.45, 2.75) is 41.5 Å². The lowest BCUT2D eigenvalue weighted by Crippen LogP contribution is -2.34. The summed E-state index contributed by atoms with van der Waals surface area (Å²) in [7, 11) is 2.19. The molecule has 108 valence electrons. The number of aryl methyl sites for hydroxylation is 2. The van der Waals surface area contributed by atoms with Gasteiger partial charge in [0.1, 0.15) is 0 Å². The number of benzene rings is 1. The molecular formula is C17H30N2. The minimum atomic E-state index is 0.546. The Morgan fingerprint density at radius 3 is 1.89 bits per heavy atom. The molecule has 2 N–H and O–H groups in total. The molecule has 19 heavy (non-hydrogen) atoms. The van der Waals surface area contributed by atoms with Crippen LogP contribution in [0.2, 0.25) is 0 Å². The maximum atomic E-state index is 5.91. The lowest BCUT2D eigenvalue weighted by Gasteiger charge is -2.31. The van der Waals surface area contributed by atoms with E-state index in [0.717, 1.165) is 13.1 Å². The molecule has 1 aromatic carbocycles. The van der Waals surface area contributed by atoms with Gasteiger partial charge in [-0.05, 0) is 68.3 Å². The summed E-state index contributed by atoms with van der Waals surface area (Å²) in [6.07, 6.45) is 0. The number of anilines is 1. The average Bonchev–Trinajstić information content (AvgIpc) is 2.33. The van der Waals surface area contributed by atoms with Crippen molar-refractivity contribution in [2.24, 2.45) is 17.6 Å². The summed E-state index contributed by atoms with van der Waals surface area (Å²) in [4.78, 5) is 2.39. The van der Waals surface area contributed by atoms with Crippen molar-refractivity contribution >= 4 is 5.69 Å². The minimum Gasteiger partial charge on any atom is -0.374 e. The standard InChI is InChI=1S/C17H30N2/c1-11(2)16(9-18)10-19(7)17-14(5)12(3)8-13(4)15(17)6/h8,11,16H,9-10,18H2,1-7H3. The highest BCUT2D eigenvalue weighted by Crippen LogP contribution is 2.30. The molecule has 2 heteroatoms. The predicted octanol–water partition coefficient (Wildman–Crippen LogP) is 3.59. The van der Waals surface area contributed by atoms with Gasteiger partial charge in [0, 0.05) is 19.3 Å². The van der Waals surface area contributed by atoms with Gasteiger partial charge in [-0.1, -0.05) is 19.9 Å². The maximum Gasteiger partial charge on any atom is 0.0428 e. The third kappa shape index (κ3) is 3.50. The molecule has 1 atom stereocenters. The van der Waals surface area contributed by atoms with E-state index in [2.05, 4.69) is 59.6 Å². The average molecular weight is 262 g/mol. The minimum absolute atomic E-state index is 0.546. The Hall–Kier alpha value is -1.02. The lowest BCUT2D eigenvalue weighted by atomic mass is 9.93. The summed E-state index contributed by atoms with van der Waals surface area (Å²) in [5.41, 5.74) is 12.8. The van der Waals surface area contributed by atoms with E-state index in [9.17, 15) is 0 Å². The van der Waals surface area contributed by atoms with E-state index < -0.39 is 0 Å². The second kappa shape index (κ2) is 6.42. The first-order valence-electron chi connectivity index (χ1n) is 7.28. The number of hydrogen-bond donors (Lipinski definition) is 1. The summed E-state index contributed by atoms with van der Waals surface area (Å²) in [5.74, 6) is 1.17. The molecule has 0 aliphatic rings. The summed E-state index contributed by atoms with van der Waals surface area (Å²) < 4.78 is 0. The molecule has 1 unspecified atom stereocenters. The Labute approximate surface area is 119 Å². The van der Waals surface area contributed by atoms with Crippen LogP contribution in [0.5, 0.6) is 0 Å². The Morgan fingerprint density at radius 1 is 1.05 bits per heavy atom. The van der Waals surface area contributed by atoms with Crippen molar-refractivity contribution in [1.82, 2.24) is 0 Å². The summed E-state index contributed by atoms with van der Waals surface area (Å²) in [5, 5.41) is 0. The van der Waals surface area contributed by atoms with Crippen LogP contribution in [0.25, 0.3) is 0 Å². The fraction of sp³-hybridized carbons (Fsp3) is 0.647. The van der Waals surface area contributed by atoms with Crippen LogP contribution in [0.4, 0.5) is 5.69 Å². The Morgan fingerprint density at radius 2 is 1.53 bits per heavy atom. The second-order valence-corrected chi connectivity index (χ2v) is 6.23. The molecule has 0 radical (unpaired) electrons. The fourth-order valence-electron chi connectivity index (χ4n) is 2.77. The first kappa shape index (κ1) is 16.0. The molecule has 0 aromatic heterocycles. The Bertz CT molecular complexity index is 409. The molecule has 0 saturated carbocycles. The van der Waals surface area contributed by atoms with E-state index in [1.54, 1.807) is 0 Å². The highest BCUT2D eigenvalue weighted by molar-refractivity contribution is 5.63. The third-order valence-corrected chi connectivity index (χ3v) is 4.46. The Kier molecular flexibility index (Phi) is 5.42. The molecular weight excluding hydrogens is 232 g/mol. The van der Waals surface area contributed by atoms with Crippen LogP contribution in [-0.4, -0.2) is 20.1 Å². The van der Waals surface area contributed by atoms with E-state index >= 15 is 0 Å². The van der Waals surface area contributed by atoms with Crippen molar-refractivity contribution in [3.8, 4) is 0 Å². The first-order chi connectivity index (χ1) is 8.79. The largest absolute Gasteiger partial charge is 0.374 e. The van der Waals surface area contributed by atoms with Crippen molar-refractivity contribution in [1.29, 1.82) is 0 Å². The van der Waals surface area contributed by atoms with Crippen molar-refractivity contribution in [2.75, 3.05) is 25.0 Å². The summed E-state index contributed by atoms with van der Waals surface area (Å²) >= 11 is 0. The zero-order valence-electron chi connectivity index (χ0n) is 13.7. The van der Waals surface area contributed by atoms with Gasteiger partial charge in [-0.15, -0.1) is 0 Å². The van der Waals surface area contributed by atoms with Gasteiger partial charge < -0.3 is 10.6 Å². The van der Waals surface area contributed by atoms with E-state index in [1.165, 1.54) is 27.9 Å². The van der Waals surface area contributed by atoms with Crippen LogP contribution < -0.4 is 10.6 Å². The second-order valence-electron chi connectivity index (χ2n) is 6.23. The highest BCUT2D eigenvalue weighted by Gasteiger charge is 2.18. The molecule has 0 heterocycles. The molecule has 1 aromatic rings. The number of rotatable bonds is 5. The van der Waals surface area contributed by atoms with Gasteiger partial charge in [-0.2, -0.15) is 0 Å². The van der Waals surface area contributed by atoms with Crippen LogP contribution in [0.3, 0.4) is 0 Å². The van der Waals surface area contributed by atoms with E-state index in [-0.39, 0.29) is 0 Å². The third-order valence-electron chi connectivity index (χ3n) is 4.46. The molecule has 0 aliphatic heterocycles. The van der Waals surface area contributed by atoms with Gasteiger partial charge in [0.15, 0.2) is 0 Å². The zero-order chi connectivity index (χ0) is 14.7. The molecule has 0 amide bonds. The molecule has 2 nitrogen and oxygen atoms in total. The van der Waals surface area contributed by atoms with Gasteiger partial charge in [0.2, 0.25) is 0 Å². The summed E-state index contributed by atoms with van der Waals surface area (Å²) in [6.45, 7) is 15.1. The van der Waals surface area contributed by atoms with Crippen molar-refractivity contribution in [3.63, 3.8) is 0 Å². The SMILES string of the molecule is Cc1cc(C)c(C)c(N(C)CC(CN)C(C)C)c1C. The zero-order valence-corrected chi connectivity index (χ0v) is 13.7. The van der Waals surface area contributed by atoms with Crippen LogP contribution in [-0.2, 0) is 0 Å². The van der Waals surface area contributed by atoms with Gasteiger partial charge in [-0.3, -0.25) is 0 Å². The summed E-state index contributed by atoms with van der Waals surface area (Å²) in [6, 6.07) is 2.28. The molecule has 0 spiro atoms. The molecule has 0 aliphatic carbocycles. The van der Waals surface area contributed by atoms with Crippen molar-refractivity contribution in [3.05, 3.63) is 28.3 Å². The van der Waals surface area contributed by atoms with Gasteiger partial charge in [0.25, 0.3) is 0 Å². The molecule has 0 fully saturated rings. The van der Waals surface area contributed by atoms with Gasteiger partial charge >= 0.3 is 0 Å².